The van der Waals surface area contributed by atoms with Crippen molar-refractivity contribution in [3.8, 4) is 11.8 Å². The van der Waals surface area contributed by atoms with Gasteiger partial charge in [-0.3, -0.25) is 0 Å². The van der Waals surface area contributed by atoms with E-state index in [-0.39, 0.29) is 0 Å². The first-order valence-corrected chi connectivity index (χ1v) is 8.17. The van der Waals surface area contributed by atoms with Crippen molar-refractivity contribution in [1.82, 2.24) is 0 Å². The van der Waals surface area contributed by atoms with Crippen molar-refractivity contribution in [3.05, 3.63) is 65.2 Å². The van der Waals surface area contributed by atoms with Crippen LogP contribution in [0.1, 0.15) is 50.3 Å². The molecule has 1 nitrogen and oxygen atoms in total. The second-order valence-corrected chi connectivity index (χ2v) is 5.73. The molecule has 1 heteroatoms. The van der Waals surface area contributed by atoms with Crippen molar-refractivity contribution in [3.63, 3.8) is 0 Å². The van der Waals surface area contributed by atoms with Crippen LogP contribution in [0.15, 0.2) is 48.5 Å². The van der Waals surface area contributed by atoms with Gasteiger partial charge in [-0.2, -0.15) is 0 Å². The Balaban J connectivity index is 0.000000254. The zero-order valence-electron chi connectivity index (χ0n) is 13.8. The van der Waals surface area contributed by atoms with Crippen LogP contribution in [0.2, 0.25) is 0 Å². The standard InChI is InChI=1S/C15H11N.C6H14/c1-2-7-14-11-16-15-8-4-3-6-13(15)10-9-12(14)5-1;1-4-6(3)5-2/h1-8,16H,11H2;6H,4-5H2,1-3H3. The highest BCUT2D eigenvalue weighted by atomic mass is 14.9. The number of nitrogens with one attached hydrogen (secondary N) is 1. The summed E-state index contributed by atoms with van der Waals surface area (Å²) < 4.78 is 0. The molecule has 0 aromatic heterocycles. The van der Waals surface area contributed by atoms with Gasteiger partial charge in [-0.15, -0.1) is 0 Å². The molecule has 22 heavy (non-hydrogen) atoms. The van der Waals surface area contributed by atoms with Gasteiger partial charge in [0.05, 0.1) is 5.69 Å². The van der Waals surface area contributed by atoms with Gasteiger partial charge in [-0.25, -0.2) is 0 Å². The Hall–Kier alpha value is -2.20. The number of hydrogen-bond donors (Lipinski definition) is 1. The van der Waals surface area contributed by atoms with Crippen molar-refractivity contribution >= 4 is 5.69 Å². The average molecular weight is 291 g/mol. The van der Waals surface area contributed by atoms with E-state index in [0.717, 1.165) is 29.3 Å². The van der Waals surface area contributed by atoms with Gasteiger partial charge in [0.15, 0.2) is 0 Å². The summed E-state index contributed by atoms with van der Waals surface area (Å²) in [5.74, 6) is 7.38. The van der Waals surface area contributed by atoms with Gasteiger partial charge in [0, 0.05) is 17.7 Å². The van der Waals surface area contributed by atoms with Gasteiger partial charge in [0.2, 0.25) is 0 Å². The van der Waals surface area contributed by atoms with Gasteiger partial charge in [0.1, 0.15) is 0 Å². The summed E-state index contributed by atoms with van der Waals surface area (Å²) in [6.45, 7) is 7.57. The zero-order valence-corrected chi connectivity index (χ0v) is 13.8. The quantitative estimate of drug-likeness (QED) is 0.725. The Morgan fingerprint density at radius 3 is 2.18 bits per heavy atom. The van der Waals surface area contributed by atoms with Crippen LogP contribution >= 0.6 is 0 Å². The monoisotopic (exact) mass is 291 g/mol. The Labute approximate surface area is 134 Å². The molecule has 0 bridgehead atoms. The summed E-state index contributed by atoms with van der Waals surface area (Å²) in [6.07, 6.45) is 2.66. The molecule has 3 rings (SSSR count). The fourth-order valence-electron chi connectivity index (χ4n) is 2.16. The van der Waals surface area contributed by atoms with Crippen LogP contribution in [-0.2, 0) is 6.54 Å². The second-order valence-electron chi connectivity index (χ2n) is 5.73. The van der Waals surface area contributed by atoms with E-state index in [4.69, 9.17) is 0 Å². The molecule has 0 amide bonds. The fourth-order valence-corrected chi connectivity index (χ4v) is 2.16. The molecule has 114 valence electrons. The van der Waals surface area contributed by atoms with E-state index in [1.165, 1.54) is 18.4 Å². The van der Waals surface area contributed by atoms with E-state index in [1.54, 1.807) is 0 Å². The fraction of sp³-hybridized carbons (Fsp3) is 0.333. The van der Waals surface area contributed by atoms with Crippen LogP contribution in [0.25, 0.3) is 0 Å². The van der Waals surface area contributed by atoms with Gasteiger partial charge in [0.25, 0.3) is 0 Å². The Morgan fingerprint density at radius 2 is 1.50 bits per heavy atom. The Kier molecular flexibility index (Phi) is 6.10. The van der Waals surface area contributed by atoms with Crippen LogP contribution in [0.5, 0.6) is 0 Å². The molecule has 2 aromatic rings. The average Bonchev–Trinajstić information content (AvgIpc) is 2.57. The van der Waals surface area contributed by atoms with Crippen LogP contribution in [0.4, 0.5) is 5.69 Å². The third-order valence-corrected chi connectivity index (χ3v) is 4.14. The molecular weight excluding hydrogens is 266 g/mol. The van der Waals surface area contributed by atoms with E-state index in [2.05, 4.69) is 62.2 Å². The smallest absolute Gasteiger partial charge is 0.0502 e. The Bertz CT molecular complexity index is 605. The molecule has 0 radical (unpaired) electrons. The summed E-state index contributed by atoms with van der Waals surface area (Å²) in [4.78, 5) is 0. The highest BCUT2D eigenvalue weighted by Crippen LogP contribution is 2.18. The molecule has 0 saturated carbocycles. The highest BCUT2D eigenvalue weighted by Gasteiger charge is 2.04. The van der Waals surface area contributed by atoms with E-state index < -0.39 is 0 Å². The third kappa shape index (κ3) is 4.40. The predicted octanol–water partition coefficient (Wildman–Crippen LogP) is 5.45. The zero-order chi connectivity index (χ0) is 15.8. The lowest BCUT2D eigenvalue weighted by molar-refractivity contribution is 0.544. The molecular formula is C21H25N. The largest absolute Gasteiger partial charge is 0.380 e. The van der Waals surface area contributed by atoms with Crippen molar-refractivity contribution in [1.29, 1.82) is 0 Å². The van der Waals surface area contributed by atoms with Crippen LogP contribution < -0.4 is 5.32 Å². The predicted molar refractivity (Wildman–Crippen MR) is 95.9 cm³/mol. The number of benzene rings is 2. The first kappa shape index (κ1) is 16.2. The Morgan fingerprint density at radius 1 is 0.909 bits per heavy atom. The molecule has 0 aliphatic carbocycles. The third-order valence-electron chi connectivity index (χ3n) is 4.14. The van der Waals surface area contributed by atoms with Gasteiger partial charge >= 0.3 is 0 Å². The number of anilines is 1. The van der Waals surface area contributed by atoms with Crippen LogP contribution in [0.3, 0.4) is 0 Å². The topological polar surface area (TPSA) is 12.0 Å². The molecule has 1 aliphatic heterocycles. The summed E-state index contributed by atoms with van der Waals surface area (Å²) in [6, 6.07) is 16.4. The van der Waals surface area contributed by atoms with Crippen molar-refractivity contribution in [2.75, 3.05) is 5.32 Å². The van der Waals surface area contributed by atoms with Gasteiger partial charge < -0.3 is 5.32 Å². The number of rotatable bonds is 2. The molecule has 0 unspecified atom stereocenters. The van der Waals surface area contributed by atoms with Crippen LogP contribution in [-0.4, -0.2) is 0 Å². The van der Waals surface area contributed by atoms with Gasteiger partial charge in [-0.1, -0.05) is 75.8 Å². The van der Waals surface area contributed by atoms with Crippen molar-refractivity contribution < 1.29 is 0 Å². The molecule has 1 N–H and O–H groups in total. The summed E-state index contributed by atoms with van der Waals surface area (Å²) in [5.41, 5.74) is 4.55. The maximum atomic E-state index is 3.42. The van der Waals surface area contributed by atoms with Crippen LogP contribution in [0, 0.1) is 17.8 Å². The molecule has 0 saturated heterocycles. The molecule has 0 atom stereocenters. The number of fused-ring (bicyclic) bond motifs is 2. The lowest BCUT2D eigenvalue weighted by atomic mass is 10.0. The van der Waals surface area contributed by atoms with Crippen molar-refractivity contribution in [2.24, 2.45) is 5.92 Å². The lowest BCUT2D eigenvalue weighted by Crippen LogP contribution is -2.04. The minimum Gasteiger partial charge on any atom is -0.380 e. The highest BCUT2D eigenvalue weighted by molar-refractivity contribution is 5.62. The lowest BCUT2D eigenvalue weighted by Gasteiger charge is -2.12. The maximum Gasteiger partial charge on any atom is 0.0502 e. The SMILES string of the molecule is C1#Cc2ccccc2NCc2ccccc21.CCC(C)CC. The van der Waals surface area contributed by atoms with Gasteiger partial charge in [-0.05, 0) is 29.7 Å². The van der Waals surface area contributed by atoms with E-state index in [0.29, 0.717) is 0 Å². The maximum absolute atomic E-state index is 3.42. The first-order valence-electron chi connectivity index (χ1n) is 8.17. The first-order chi connectivity index (χ1) is 10.7. The van der Waals surface area contributed by atoms with E-state index in [9.17, 15) is 0 Å². The second kappa shape index (κ2) is 8.29. The minimum absolute atomic E-state index is 0.835. The van der Waals surface area contributed by atoms with E-state index in [1.807, 2.05) is 24.3 Å². The number of para-hydroxylation sites is 1. The minimum atomic E-state index is 0.835. The summed E-state index contributed by atoms with van der Waals surface area (Å²) >= 11 is 0. The molecule has 1 aliphatic rings. The molecule has 2 aromatic carbocycles. The number of hydrogen-bond acceptors (Lipinski definition) is 1. The summed E-state index contributed by atoms with van der Waals surface area (Å²) in [5, 5.41) is 3.42. The van der Waals surface area contributed by atoms with Crippen molar-refractivity contribution in [2.45, 2.75) is 40.2 Å². The normalized spacial score (nSPS) is 11.5. The van der Waals surface area contributed by atoms with E-state index >= 15 is 0 Å². The molecule has 1 heterocycles. The molecule has 0 spiro atoms. The molecule has 0 fully saturated rings. The summed E-state index contributed by atoms with van der Waals surface area (Å²) in [7, 11) is 0.